The number of hydrogen-bond acceptors (Lipinski definition) is 6. The van der Waals surface area contributed by atoms with Gasteiger partial charge >= 0.3 is 0 Å². The van der Waals surface area contributed by atoms with Crippen molar-refractivity contribution in [3.8, 4) is 0 Å². The first kappa shape index (κ1) is 71.4. The van der Waals surface area contributed by atoms with Crippen LogP contribution in [0.25, 0.3) is 0 Å². The molecule has 0 aliphatic rings. The summed E-state index contributed by atoms with van der Waals surface area (Å²) >= 11 is 0. The van der Waals surface area contributed by atoms with Crippen molar-refractivity contribution in [2.45, 2.75) is 270 Å². The Hall–Kier alpha value is -2.58. The Morgan fingerprint density at radius 2 is 0.824 bits per heavy atom. The molecule has 0 aromatic rings. The van der Waals surface area contributed by atoms with Crippen LogP contribution in [0.5, 0.6) is 0 Å². The highest BCUT2D eigenvalue weighted by Gasteiger charge is 2.23. The monoisotopic (exact) mass is 1050 g/mol. The van der Waals surface area contributed by atoms with Crippen molar-refractivity contribution in [3.05, 3.63) is 97.2 Å². The van der Waals surface area contributed by atoms with Crippen LogP contribution in [0.15, 0.2) is 97.2 Å². The van der Waals surface area contributed by atoms with Crippen molar-refractivity contribution < 1.29 is 32.9 Å². The molecule has 2 N–H and O–H groups in total. The highest BCUT2D eigenvalue weighted by atomic mass is 31.2. The SMILES string of the molecule is CC/C=C\C/C=C\C/C=C\C/C=C\C/C=C\C/C=C\C/C=C\CCCCCCCCCC(=O)NC(COP(=O)([O-])OCC[N+](C)(C)C)C(O)/C=C/CCCCCCCCCCCCCCCCCCCCCCC. The normalized spacial score (nSPS) is 14.5. The number of unbranched alkanes of at least 4 members (excludes halogenated alkanes) is 28. The molecule has 0 fully saturated rings. The van der Waals surface area contributed by atoms with Gasteiger partial charge in [0.15, 0.2) is 0 Å². The van der Waals surface area contributed by atoms with E-state index in [0.717, 1.165) is 96.3 Å². The molecule has 0 aromatic heterocycles. The molecule has 9 heteroatoms. The molecule has 3 atom stereocenters. The Kier molecular flexibility index (Phi) is 53.3. The average Bonchev–Trinajstić information content (AvgIpc) is 3.36. The first-order chi connectivity index (χ1) is 36.0. The predicted molar refractivity (Wildman–Crippen MR) is 320 cm³/mol. The van der Waals surface area contributed by atoms with E-state index in [1.54, 1.807) is 6.08 Å². The molecule has 0 spiro atoms. The van der Waals surface area contributed by atoms with Gasteiger partial charge in [-0.15, -0.1) is 0 Å². The molecule has 0 heterocycles. The first-order valence-corrected chi connectivity index (χ1v) is 32.1. The van der Waals surface area contributed by atoms with E-state index in [-0.39, 0.29) is 19.1 Å². The number of phosphoric acid groups is 1. The van der Waals surface area contributed by atoms with Gasteiger partial charge in [0.25, 0.3) is 7.82 Å². The number of carbonyl (C=O) groups is 1. The Morgan fingerprint density at radius 1 is 0.486 bits per heavy atom. The number of nitrogens with zero attached hydrogens (tertiary/aromatic N) is 1. The van der Waals surface area contributed by atoms with E-state index in [2.05, 4.69) is 104 Å². The fourth-order valence-electron chi connectivity index (χ4n) is 8.55. The summed E-state index contributed by atoms with van der Waals surface area (Å²) in [4.78, 5) is 25.6. The minimum Gasteiger partial charge on any atom is -0.756 e. The van der Waals surface area contributed by atoms with Crippen LogP contribution < -0.4 is 10.2 Å². The fraction of sp³-hybridized carbons (Fsp3) is 0.738. The molecule has 0 aliphatic carbocycles. The Labute approximate surface area is 458 Å². The Balaban J connectivity index is 4.24. The number of aliphatic hydroxyl groups excluding tert-OH is 1. The van der Waals surface area contributed by atoms with Gasteiger partial charge in [-0.1, -0.05) is 272 Å². The lowest BCUT2D eigenvalue weighted by molar-refractivity contribution is -0.870. The van der Waals surface area contributed by atoms with E-state index >= 15 is 0 Å². The molecular formula is C65H117N2O6P. The maximum absolute atomic E-state index is 13.0. The van der Waals surface area contributed by atoms with Crippen LogP contribution in [-0.4, -0.2) is 68.5 Å². The van der Waals surface area contributed by atoms with Gasteiger partial charge in [0.2, 0.25) is 5.91 Å². The molecule has 3 unspecified atom stereocenters. The number of hydrogen-bond donors (Lipinski definition) is 2. The molecule has 0 radical (unpaired) electrons. The first-order valence-electron chi connectivity index (χ1n) is 30.6. The number of phosphoric ester groups is 1. The topological polar surface area (TPSA) is 108 Å². The second kappa shape index (κ2) is 55.2. The standard InChI is InChI=1S/C65H117N2O6P/c1-6-8-10-12-14-16-18-20-22-24-26-28-30-31-32-33-34-35-37-39-41-43-45-47-49-51-53-55-57-59-65(69)66-63(62-73-74(70,71)72-61-60-67(3,4)5)64(68)58-56-54-52-50-48-46-44-42-40-38-36-29-27-25-23-21-19-17-15-13-11-9-7-2/h8,10,14,16,20,22,26,28,31-32,34-35,39,41,56,58,63-64,68H,6-7,9,11-13,15,17-19,21,23-25,27,29-30,33,36-38,40,42-55,57,59-62H2,1-5H3,(H-,66,69,70,71)/b10-8-,16-14-,22-20-,28-26-,32-31-,35-34-,41-39-,58-56+. The molecule has 428 valence electrons. The van der Waals surface area contributed by atoms with Crippen molar-refractivity contribution in [1.29, 1.82) is 0 Å². The molecule has 74 heavy (non-hydrogen) atoms. The number of carbonyl (C=O) groups excluding carboxylic acids is 1. The third-order valence-corrected chi connectivity index (χ3v) is 14.3. The minimum absolute atomic E-state index is 0.00789. The van der Waals surface area contributed by atoms with E-state index < -0.39 is 20.0 Å². The summed E-state index contributed by atoms with van der Waals surface area (Å²) in [6.45, 7) is 4.54. The third-order valence-electron chi connectivity index (χ3n) is 13.3. The van der Waals surface area contributed by atoms with Crippen molar-refractivity contribution >= 4 is 13.7 Å². The smallest absolute Gasteiger partial charge is 0.268 e. The number of aliphatic hydroxyl groups is 1. The van der Waals surface area contributed by atoms with Crippen LogP contribution >= 0.6 is 7.82 Å². The van der Waals surface area contributed by atoms with E-state index in [0.29, 0.717) is 17.4 Å². The van der Waals surface area contributed by atoms with Gasteiger partial charge in [-0.25, -0.2) is 0 Å². The zero-order chi connectivity index (χ0) is 54.2. The predicted octanol–water partition coefficient (Wildman–Crippen LogP) is 18.4. The summed E-state index contributed by atoms with van der Waals surface area (Å²) in [5.74, 6) is -0.210. The highest BCUT2D eigenvalue weighted by Crippen LogP contribution is 2.38. The molecule has 0 bridgehead atoms. The van der Waals surface area contributed by atoms with Crippen LogP contribution in [0.1, 0.15) is 258 Å². The quantitative estimate of drug-likeness (QED) is 0.0272. The molecule has 1 amide bonds. The number of rotatable bonds is 55. The molecular weight excluding hydrogens is 936 g/mol. The van der Waals surface area contributed by atoms with E-state index in [1.807, 2.05) is 27.2 Å². The zero-order valence-electron chi connectivity index (χ0n) is 48.8. The second-order valence-electron chi connectivity index (χ2n) is 21.7. The number of nitrogens with one attached hydrogen (secondary N) is 1. The van der Waals surface area contributed by atoms with E-state index in [4.69, 9.17) is 9.05 Å². The summed E-state index contributed by atoms with van der Waals surface area (Å²) in [6, 6.07) is -0.901. The maximum Gasteiger partial charge on any atom is 0.268 e. The molecule has 0 aliphatic heterocycles. The summed E-state index contributed by atoms with van der Waals surface area (Å²) in [7, 11) is 1.24. The van der Waals surface area contributed by atoms with E-state index in [9.17, 15) is 19.4 Å². The maximum atomic E-state index is 13.0. The Morgan fingerprint density at radius 3 is 1.20 bits per heavy atom. The average molecular weight is 1050 g/mol. The van der Waals surface area contributed by atoms with Crippen LogP contribution in [0.2, 0.25) is 0 Å². The number of allylic oxidation sites excluding steroid dienone is 15. The molecule has 0 saturated carbocycles. The molecule has 0 aromatic carbocycles. The van der Waals surface area contributed by atoms with Crippen molar-refractivity contribution in [2.24, 2.45) is 0 Å². The molecule has 0 saturated heterocycles. The lowest BCUT2D eigenvalue weighted by Gasteiger charge is -2.29. The third kappa shape index (κ3) is 57.1. The van der Waals surface area contributed by atoms with Crippen LogP contribution in [0.3, 0.4) is 0 Å². The fourth-order valence-corrected chi connectivity index (χ4v) is 9.27. The van der Waals surface area contributed by atoms with Gasteiger partial charge < -0.3 is 28.8 Å². The summed E-state index contributed by atoms with van der Waals surface area (Å²) in [6.07, 6.45) is 79.1. The summed E-state index contributed by atoms with van der Waals surface area (Å²) < 4.78 is 23.4. The van der Waals surface area contributed by atoms with Crippen molar-refractivity contribution in [1.82, 2.24) is 5.32 Å². The van der Waals surface area contributed by atoms with Crippen LogP contribution in [0, 0.1) is 0 Å². The van der Waals surface area contributed by atoms with Gasteiger partial charge in [0.05, 0.1) is 39.9 Å². The lowest BCUT2D eigenvalue weighted by atomic mass is 10.0. The van der Waals surface area contributed by atoms with Gasteiger partial charge in [0, 0.05) is 6.42 Å². The van der Waals surface area contributed by atoms with Crippen LogP contribution in [0.4, 0.5) is 0 Å². The summed E-state index contributed by atoms with van der Waals surface area (Å²) in [5.41, 5.74) is 0. The zero-order valence-corrected chi connectivity index (χ0v) is 49.7. The van der Waals surface area contributed by atoms with Gasteiger partial charge in [-0.05, 0) is 77.0 Å². The van der Waals surface area contributed by atoms with Crippen molar-refractivity contribution in [2.75, 3.05) is 40.9 Å². The van der Waals surface area contributed by atoms with E-state index in [1.165, 1.54) is 141 Å². The number of likely N-dealkylation sites (N-methyl/N-ethyl adjacent to an activating group) is 1. The number of quaternary nitrogens is 1. The Bertz CT molecular complexity index is 1520. The largest absolute Gasteiger partial charge is 0.756 e. The summed E-state index contributed by atoms with van der Waals surface area (Å²) in [5, 5.41) is 13.9. The number of amides is 1. The van der Waals surface area contributed by atoms with Gasteiger partial charge in [-0.2, -0.15) is 0 Å². The molecule has 8 nitrogen and oxygen atoms in total. The second-order valence-corrected chi connectivity index (χ2v) is 23.1. The lowest BCUT2D eigenvalue weighted by Crippen LogP contribution is -2.45. The van der Waals surface area contributed by atoms with Gasteiger partial charge in [0.1, 0.15) is 13.2 Å². The van der Waals surface area contributed by atoms with Crippen molar-refractivity contribution in [3.63, 3.8) is 0 Å². The molecule has 0 rings (SSSR count). The minimum atomic E-state index is -4.61. The van der Waals surface area contributed by atoms with Crippen LogP contribution in [-0.2, 0) is 18.4 Å². The highest BCUT2D eigenvalue weighted by molar-refractivity contribution is 7.45. The van der Waals surface area contributed by atoms with Gasteiger partial charge in [-0.3, -0.25) is 9.36 Å².